The highest BCUT2D eigenvalue weighted by Gasteiger charge is 2.46. The quantitative estimate of drug-likeness (QED) is 0.431. The van der Waals surface area contributed by atoms with Crippen molar-refractivity contribution in [2.24, 2.45) is 17.8 Å². The molecule has 0 radical (unpaired) electrons. The molecule has 7 heteroatoms. The van der Waals surface area contributed by atoms with Gasteiger partial charge in [0.2, 0.25) is 11.8 Å². The van der Waals surface area contributed by atoms with Crippen molar-refractivity contribution in [2.45, 2.75) is 57.9 Å². The van der Waals surface area contributed by atoms with Gasteiger partial charge in [-0.15, -0.1) is 0 Å². The van der Waals surface area contributed by atoms with E-state index in [1.54, 1.807) is 0 Å². The summed E-state index contributed by atoms with van der Waals surface area (Å²) in [6, 6.07) is 0.141. The summed E-state index contributed by atoms with van der Waals surface area (Å²) in [4.78, 5) is 49.8. The van der Waals surface area contributed by atoms with Crippen LogP contribution in [0, 0.1) is 17.8 Å². The third-order valence-corrected chi connectivity index (χ3v) is 5.96. The summed E-state index contributed by atoms with van der Waals surface area (Å²) in [5.74, 6) is -1.42. The Morgan fingerprint density at radius 1 is 1.11 bits per heavy atom. The van der Waals surface area contributed by atoms with Gasteiger partial charge in [0.15, 0.2) is 6.61 Å². The highest BCUT2D eigenvalue weighted by molar-refractivity contribution is 6.05. The highest BCUT2D eigenvalue weighted by Crippen LogP contribution is 2.35. The van der Waals surface area contributed by atoms with Gasteiger partial charge in [0.1, 0.15) is 0 Å². The van der Waals surface area contributed by atoms with Gasteiger partial charge < -0.3 is 10.1 Å². The van der Waals surface area contributed by atoms with Crippen LogP contribution in [-0.4, -0.2) is 47.8 Å². The number of allylic oxidation sites excluding steroid dienone is 2. The number of hydrogen-bond acceptors (Lipinski definition) is 5. The molecule has 0 bridgehead atoms. The molecule has 0 spiro atoms. The van der Waals surface area contributed by atoms with Crippen LogP contribution in [0.3, 0.4) is 0 Å². The lowest BCUT2D eigenvalue weighted by molar-refractivity contribution is -0.150. The highest BCUT2D eigenvalue weighted by atomic mass is 16.5. The Morgan fingerprint density at radius 3 is 2.37 bits per heavy atom. The zero-order valence-corrected chi connectivity index (χ0v) is 15.8. The standard InChI is InChI=1S/C20H28N2O5/c1-13-6-2-5-9-16(13)21-17(23)12-27-18(24)10-11-22-19(25)14-7-3-4-8-15(14)20(22)26/h3-4,13-16H,2,5-12H2,1H3,(H,21,23)/t13-,14-,15+,16-/m0/s1. The lowest BCUT2D eigenvalue weighted by Crippen LogP contribution is -2.43. The number of nitrogens with zero attached hydrogens (tertiary/aromatic N) is 1. The van der Waals surface area contributed by atoms with Crippen molar-refractivity contribution in [3.8, 4) is 0 Å². The number of rotatable bonds is 6. The number of carbonyl (C=O) groups excluding carboxylic acids is 4. The van der Waals surface area contributed by atoms with Gasteiger partial charge in [0, 0.05) is 12.6 Å². The van der Waals surface area contributed by atoms with Crippen molar-refractivity contribution in [1.82, 2.24) is 10.2 Å². The summed E-state index contributed by atoms with van der Waals surface area (Å²) in [7, 11) is 0. The molecular formula is C20H28N2O5. The first-order chi connectivity index (χ1) is 13.0. The Labute approximate surface area is 159 Å². The van der Waals surface area contributed by atoms with Crippen LogP contribution in [0.1, 0.15) is 51.9 Å². The van der Waals surface area contributed by atoms with E-state index in [1.807, 2.05) is 12.2 Å². The summed E-state index contributed by atoms with van der Waals surface area (Å²) in [6.07, 6.45) is 9.27. The normalized spacial score (nSPS) is 30.2. The van der Waals surface area contributed by atoms with Gasteiger partial charge in [0.05, 0.1) is 18.3 Å². The van der Waals surface area contributed by atoms with Crippen LogP contribution in [0.25, 0.3) is 0 Å². The molecule has 2 aliphatic carbocycles. The molecule has 1 saturated heterocycles. The largest absolute Gasteiger partial charge is 0.456 e. The molecular weight excluding hydrogens is 348 g/mol. The number of imide groups is 1. The number of fused-ring (bicyclic) bond motifs is 1. The van der Waals surface area contributed by atoms with Crippen molar-refractivity contribution in [3.63, 3.8) is 0 Å². The Balaban J connectivity index is 1.39. The second-order valence-electron chi connectivity index (χ2n) is 7.83. The molecule has 0 aromatic heterocycles. The maximum Gasteiger partial charge on any atom is 0.308 e. The van der Waals surface area contributed by atoms with Gasteiger partial charge in [-0.3, -0.25) is 24.1 Å². The molecule has 0 unspecified atom stereocenters. The molecule has 1 heterocycles. The molecule has 27 heavy (non-hydrogen) atoms. The number of esters is 1. The monoisotopic (exact) mass is 376 g/mol. The van der Waals surface area contributed by atoms with E-state index >= 15 is 0 Å². The Hall–Kier alpha value is -2.18. The van der Waals surface area contributed by atoms with Crippen molar-refractivity contribution in [1.29, 1.82) is 0 Å². The maximum atomic E-state index is 12.3. The first-order valence-corrected chi connectivity index (χ1v) is 9.92. The number of amides is 3. The summed E-state index contributed by atoms with van der Waals surface area (Å²) in [5.41, 5.74) is 0. The van der Waals surface area contributed by atoms with Crippen molar-refractivity contribution in [2.75, 3.05) is 13.2 Å². The maximum absolute atomic E-state index is 12.3. The second kappa shape index (κ2) is 8.67. The Kier molecular flexibility index (Phi) is 6.29. The predicted octanol–water partition coefficient (Wildman–Crippen LogP) is 1.57. The molecule has 0 aromatic carbocycles. The molecule has 1 aliphatic heterocycles. The van der Waals surface area contributed by atoms with E-state index < -0.39 is 5.97 Å². The van der Waals surface area contributed by atoms with Gasteiger partial charge in [-0.2, -0.15) is 0 Å². The average Bonchev–Trinajstić information content (AvgIpc) is 2.91. The van der Waals surface area contributed by atoms with Crippen LogP contribution >= 0.6 is 0 Å². The van der Waals surface area contributed by atoms with Crippen LogP contribution in [0.4, 0.5) is 0 Å². The van der Waals surface area contributed by atoms with E-state index in [9.17, 15) is 19.2 Å². The van der Waals surface area contributed by atoms with E-state index in [-0.39, 0.29) is 55.2 Å². The average molecular weight is 376 g/mol. The molecule has 7 nitrogen and oxygen atoms in total. The van der Waals surface area contributed by atoms with Crippen LogP contribution in [0.5, 0.6) is 0 Å². The molecule has 3 rings (SSSR count). The van der Waals surface area contributed by atoms with E-state index in [0.29, 0.717) is 18.8 Å². The number of carbonyl (C=O) groups is 4. The summed E-state index contributed by atoms with van der Waals surface area (Å²) in [5, 5.41) is 2.93. The van der Waals surface area contributed by atoms with Gasteiger partial charge in [-0.1, -0.05) is 31.9 Å². The van der Waals surface area contributed by atoms with Gasteiger partial charge in [-0.05, 0) is 31.6 Å². The molecule has 1 N–H and O–H groups in total. The third-order valence-electron chi connectivity index (χ3n) is 5.96. The Morgan fingerprint density at radius 2 is 1.74 bits per heavy atom. The van der Waals surface area contributed by atoms with E-state index in [2.05, 4.69) is 12.2 Å². The number of ether oxygens (including phenoxy) is 1. The summed E-state index contributed by atoms with van der Waals surface area (Å²) in [6.45, 7) is 1.82. The smallest absolute Gasteiger partial charge is 0.308 e. The van der Waals surface area contributed by atoms with Crippen molar-refractivity contribution in [3.05, 3.63) is 12.2 Å². The fraction of sp³-hybridized carbons (Fsp3) is 0.700. The zero-order valence-electron chi connectivity index (χ0n) is 15.8. The summed E-state index contributed by atoms with van der Waals surface area (Å²) < 4.78 is 5.02. The fourth-order valence-electron chi connectivity index (χ4n) is 4.29. The lowest BCUT2D eigenvalue weighted by atomic mass is 9.85. The van der Waals surface area contributed by atoms with Crippen LogP contribution < -0.4 is 5.32 Å². The predicted molar refractivity (Wildman–Crippen MR) is 97.2 cm³/mol. The van der Waals surface area contributed by atoms with Crippen molar-refractivity contribution >= 4 is 23.7 Å². The number of hydrogen-bond donors (Lipinski definition) is 1. The SMILES string of the molecule is C[C@H]1CCCC[C@@H]1NC(=O)COC(=O)CCN1C(=O)[C@H]2CC=CC[C@H]2C1=O. The number of likely N-dealkylation sites (tertiary alicyclic amines) is 1. The topological polar surface area (TPSA) is 92.8 Å². The molecule has 148 valence electrons. The van der Waals surface area contributed by atoms with E-state index in [4.69, 9.17) is 4.74 Å². The van der Waals surface area contributed by atoms with Gasteiger partial charge in [0.25, 0.3) is 5.91 Å². The summed E-state index contributed by atoms with van der Waals surface area (Å²) >= 11 is 0. The molecule has 3 aliphatic rings. The van der Waals surface area contributed by atoms with E-state index in [0.717, 1.165) is 19.3 Å². The second-order valence-corrected chi connectivity index (χ2v) is 7.83. The zero-order chi connectivity index (χ0) is 19.4. The minimum Gasteiger partial charge on any atom is -0.456 e. The van der Waals surface area contributed by atoms with Crippen LogP contribution in [0.15, 0.2) is 12.2 Å². The molecule has 2 fully saturated rings. The molecule has 1 saturated carbocycles. The van der Waals surface area contributed by atoms with Crippen LogP contribution in [0.2, 0.25) is 0 Å². The van der Waals surface area contributed by atoms with E-state index in [1.165, 1.54) is 11.3 Å². The molecule has 0 aromatic rings. The first-order valence-electron chi connectivity index (χ1n) is 9.92. The minimum absolute atomic E-state index is 0.0186. The number of nitrogens with one attached hydrogen (secondary N) is 1. The molecule has 4 atom stereocenters. The molecule has 3 amide bonds. The van der Waals surface area contributed by atoms with Gasteiger partial charge in [-0.25, -0.2) is 0 Å². The first kappa shape index (κ1) is 19.6. The Bertz CT molecular complexity index is 618. The van der Waals surface area contributed by atoms with Gasteiger partial charge >= 0.3 is 5.97 Å². The fourth-order valence-corrected chi connectivity index (χ4v) is 4.29. The third kappa shape index (κ3) is 4.57. The lowest BCUT2D eigenvalue weighted by Gasteiger charge is -2.29. The minimum atomic E-state index is -0.574. The van der Waals surface area contributed by atoms with Crippen LogP contribution in [-0.2, 0) is 23.9 Å². The van der Waals surface area contributed by atoms with Crippen molar-refractivity contribution < 1.29 is 23.9 Å².